The Balaban J connectivity index is 2.15. The molecule has 0 saturated heterocycles. The Kier molecular flexibility index (Phi) is 4.62. The van der Waals surface area contributed by atoms with Crippen molar-refractivity contribution < 1.29 is 19.0 Å². The molecule has 0 spiro atoms. The Morgan fingerprint density at radius 2 is 2.05 bits per heavy atom. The second-order valence-corrected chi connectivity index (χ2v) is 5.29. The molecular formula is C14H9BrClFO3. The number of rotatable bonds is 4. The maximum Gasteiger partial charge on any atom is 0.337 e. The van der Waals surface area contributed by atoms with Gasteiger partial charge in [-0.15, -0.1) is 0 Å². The van der Waals surface area contributed by atoms with Crippen LogP contribution in [0.25, 0.3) is 0 Å². The lowest BCUT2D eigenvalue weighted by atomic mass is 10.2. The van der Waals surface area contributed by atoms with Crippen LogP contribution in [0.3, 0.4) is 0 Å². The zero-order chi connectivity index (χ0) is 14.7. The summed E-state index contributed by atoms with van der Waals surface area (Å²) in [7, 11) is 0. The van der Waals surface area contributed by atoms with E-state index in [2.05, 4.69) is 15.9 Å². The monoisotopic (exact) mass is 358 g/mol. The second-order valence-electron chi connectivity index (χ2n) is 3.97. The predicted octanol–water partition coefficient (Wildman–Crippen LogP) is 4.52. The molecule has 0 heterocycles. The van der Waals surface area contributed by atoms with Gasteiger partial charge in [0.2, 0.25) is 0 Å². The summed E-state index contributed by atoms with van der Waals surface area (Å²) >= 11 is 8.91. The number of carbonyl (C=O) groups is 1. The summed E-state index contributed by atoms with van der Waals surface area (Å²) in [4.78, 5) is 10.9. The van der Waals surface area contributed by atoms with Crippen LogP contribution in [-0.2, 0) is 6.61 Å². The minimum atomic E-state index is -1.14. The Morgan fingerprint density at radius 1 is 1.30 bits per heavy atom. The van der Waals surface area contributed by atoms with Gasteiger partial charge in [0.25, 0.3) is 0 Å². The SMILES string of the molecule is O=C(O)c1cc(OCc2ccc(Br)cc2F)ccc1Cl. The molecule has 0 atom stereocenters. The molecule has 0 saturated carbocycles. The van der Waals surface area contributed by atoms with Gasteiger partial charge in [0.05, 0.1) is 10.6 Å². The molecule has 3 nitrogen and oxygen atoms in total. The molecule has 0 fully saturated rings. The number of hydrogen-bond acceptors (Lipinski definition) is 2. The van der Waals surface area contributed by atoms with E-state index in [9.17, 15) is 9.18 Å². The molecule has 104 valence electrons. The fourth-order valence-corrected chi connectivity index (χ4v) is 2.09. The predicted molar refractivity (Wildman–Crippen MR) is 76.8 cm³/mol. The third kappa shape index (κ3) is 3.49. The number of aromatic carboxylic acids is 1. The van der Waals surface area contributed by atoms with E-state index in [0.717, 1.165) is 0 Å². The van der Waals surface area contributed by atoms with Gasteiger partial charge in [0.1, 0.15) is 18.2 Å². The summed E-state index contributed by atoms with van der Waals surface area (Å²) in [6.07, 6.45) is 0. The highest BCUT2D eigenvalue weighted by molar-refractivity contribution is 9.10. The molecule has 2 rings (SSSR count). The van der Waals surface area contributed by atoms with Gasteiger partial charge in [0.15, 0.2) is 0 Å². The number of carboxylic acid groups (broad SMARTS) is 1. The highest BCUT2D eigenvalue weighted by atomic mass is 79.9. The van der Waals surface area contributed by atoms with Gasteiger partial charge in [-0.25, -0.2) is 9.18 Å². The summed E-state index contributed by atoms with van der Waals surface area (Å²) < 4.78 is 19.6. The number of carboxylic acids is 1. The summed E-state index contributed by atoms with van der Waals surface area (Å²) in [6, 6.07) is 8.90. The van der Waals surface area contributed by atoms with E-state index in [1.807, 2.05) is 0 Å². The zero-order valence-corrected chi connectivity index (χ0v) is 12.4. The van der Waals surface area contributed by atoms with Gasteiger partial charge < -0.3 is 9.84 Å². The van der Waals surface area contributed by atoms with Crippen molar-refractivity contribution in [3.05, 3.63) is 62.8 Å². The molecule has 0 aliphatic heterocycles. The molecule has 0 bridgehead atoms. The van der Waals surface area contributed by atoms with Crippen LogP contribution in [-0.4, -0.2) is 11.1 Å². The molecule has 1 N–H and O–H groups in total. The molecule has 0 aliphatic rings. The average Bonchev–Trinajstić information content (AvgIpc) is 2.39. The number of halogens is 3. The molecule has 2 aromatic carbocycles. The van der Waals surface area contributed by atoms with Crippen molar-refractivity contribution in [2.24, 2.45) is 0 Å². The molecule has 20 heavy (non-hydrogen) atoms. The van der Waals surface area contributed by atoms with Gasteiger partial charge in [0, 0.05) is 10.0 Å². The van der Waals surface area contributed by atoms with Crippen LogP contribution in [0.15, 0.2) is 40.9 Å². The van der Waals surface area contributed by atoms with E-state index in [-0.39, 0.29) is 17.2 Å². The first-order chi connectivity index (χ1) is 9.47. The number of benzene rings is 2. The lowest BCUT2D eigenvalue weighted by Crippen LogP contribution is -2.01. The highest BCUT2D eigenvalue weighted by Crippen LogP contribution is 2.23. The van der Waals surface area contributed by atoms with Crippen LogP contribution >= 0.6 is 27.5 Å². The van der Waals surface area contributed by atoms with Gasteiger partial charge in [-0.2, -0.15) is 0 Å². The molecule has 2 aromatic rings. The van der Waals surface area contributed by atoms with Gasteiger partial charge in [-0.3, -0.25) is 0 Å². The van der Waals surface area contributed by atoms with Crippen LogP contribution in [0.2, 0.25) is 5.02 Å². The van der Waals surface area contributed by atoms with E-state index in [0.29, 0.717) is 15.8 Å². The van der Waals surface area contributed by atoms with E-state index >= 15 is 0 Å². The summed E-state index contributed by atoms with van der Waals surface area (Å²) in [5.74, 6) is -1.23. The minimum absolute atomic E-state index is 0.000194. The summed E-state index contributed by atoms with van der Waals surface area (Å²) in [5.41, 5.74) is 0.320. The van der Waals surface area contributed by atoms with Crippen LogP contribution in [0.4, 0.5) is 4.39 Å². The average molecular weight is 360 g/mol. The Hall–Kier alpha value is -1.59. The first-order valence-corrected chi connectivity index (χ1v) is 6.74. The number of ether oxygens (including phenoxy) is 1. The second kappa shape index (κ2) is 6.24. The maximum atomic E-state index is 13.6. The Morgan fingerprint density at radius 3 is 2.70 bits per heavy atom. The summed E-state index contributed by atoms with van der Waals surface area (Å²) in [6.45, 7) is -0.000194. The van der Waals surface area contributed by atoms with Crippen molar-refractivity contribution in [1.82, 2.24) is 0 Å². The van der Waals surface area contributed by atoms with Gasteiger partial charge in [-0.1, -0.05) is 33.6 Å². The molecule has 0 aromatic heterocycles. The lowest BCUT2D eigenvalue weighted by molar-refractivity contribution is 0.0696. The summed E-state index contributed by atoms with van der Waals surface area (Å²) in [5, 5.41) is 9.07. The van der Waals surface area contributed by atoms with Crippen LogP contribution in [0, 0.1) is 5.82 Å². The zero-order valence-electron chi connectivity index (χ0n) is 10.1. The van der Waals surface area contributed by atoms with Gasteiger partial charge >= 0.3 is 5.97 Å². The fraction of sp³-hybridized carbons (Fsp3) is 0.0714. The van der Waals surface area contributed by atoms with Crippen molar-refractivity contribution in [3.8, 4) is 5.75 Å². The Labute approximate surface area is 128 Å². The molecule has 0 radical (unpaired) electrons. The van der Waals surface area contributed by atoms with Crippen LogP contribution in [0.1, 0.15) is 15.9 Å². The van der Waals surface area contributed by atoms with E-state index in [1.165, 1.54) is 24.3 Å². The Bertz CT molecular complexity index is 661. The highest BCUT2D eigenvalue weighted by Gasteiger charge is 2.10. The first-order valence-electron chi connectivity index (χ1n) is 5.57. The van der Waals surface area contributed by atoms with Crippen molar-refractivity contribution in [1.29, 1.82) is 0 Å². The molecule has 0 unspecified atom stereocenters. The standard InChI is InChI=1S/C14H9BrClFO3/c15-9-2-1-8(13(17)5-9)7-20-10-3-4-12(16)11(6-10)14(18)19/h1-6H,7H2,(H,18,19). The fourth-order valence-electron chi connectivity index (χ4n) is 1.56. The first kappa shape index (κ1) is 14.8. The van der Waals surface area contributed by atoms with Crippen molar-refractivity contribution in [2.45, 2.75) is 6.61 Å². The molecular weight excluding hydrogens is 351 g/mol. The normalized spacial score (nSPS) is 10.3. The van der Waals surface area contributed by atoms with Crippen LogP contribution in [0.5, 0.6) is 5.75 Å². The van der Waals surface area contributed by atoms with Gasteiger partial charge in [-0.05, 0) is 30.3 Å². The van der Waals surface area contributed by atoms with Crippen LogP contribution < -0.4 is 4.74 Å². The lowest BCUT2D eigenvalue weighted by Gasteiger charge is -2.09. The van der Waals surface area contributed by atoms with E-state index < -0.39 is 11.8 Å². The third-order valence-electron chi connectivity index (χ3n) is 2.58. The van der Waals surface area contributed by atoms with Crippen molar-refractivity contribution in [3.63, 3.8) is 0 Å². The van der Waals surface area contributed by atoms with Crippen molar-refractivity contribution >= 4 is 33.5 Å². The molecule has 0 aliphatic carbocycles. The maximum absolute atomic E-state index is 13.6. The number of hydrogen-bond donors (Lipinski definition) is 1. The molecule has 0 amide bonds. The quantitative estimate of drug-likeness (QED) is 0.873. The van der Waals surface area contributed by atoms with E-state index in [4.69, 9.17) is 21.4 Å². The largest absolute Gasteiger partial charge is 0.489 e. The molecule has 6 heteroatoms. The van der Waals surface area contributed by atoms with Crippen molar-refractivity contribution in [2.75, 3.05) is 0 Å². The minimum Gasteiger partial charge on any atom is -0.489 e. The topological polar surface area (TPSA) is 46.5 Å². The smallest absolute Gasteiger partial charge is 0.337 e. The third-order valence-corrected chi connectivity index (χ3v) is 3.40. The van der Waals surface area contributed by atoms with E-state index in [1.54, 1.807) is 12.1 Å².